The number of alkyl carbamates (subject to hydrolysis) is 1. The lowest BCUT2D eigenvalue weighted by atomic mass is 10.1. The van der Waals surface area contributed by atoms with Crippen LogP contribution in [0.1, 0.15) is 52.7 Å². The monoisotopic (exact) mass is 537 g/mol. The zero-order valence-electron chi connectivity index (χ0n) is 18.5. The molecule has 0 fully saturated rings. The van der Waals surface area contributed by atoms with E-state index in [1.807, 2.05) is 20.8 Å². The summed E-state index contributed by atoms with van der Waals surface area (Å²) in [5, 5.41) is 11.8. The molecule has 0 spiro atoms. The molecule has 1 rings (SSSR count). The number of furan rings is 1. The van der Waals surface area contributed by atoms with Crippen molar-refractivity contribution in [3.63, 3.8) is 0 Å². The van der Waals surface area contributed by atoms with E-state index in [0.29, 0.717) is 24.8 Å². The van der Waals surface area contributed by atoms with E-state index in [2.05, 4.69) is 33.2 Å². The van der Waals surface area contributed by atoms with Gasteiger partial charge < -0.3 is 30.4 Å². The first-order valence-corrected chi connectivity index (χ1v) is 9.96. The van der Waals surface area contributed by atoms with Crippen LogP contribution in [0.15, 0.2) is 27.8 Å². The average molecular weight is 537 g/mol. The summed E-state index contributed by atoms with van der Waals surface area (Å²) in [5.74, 6) is 1.00. The molecule has 0 saturated heterocycles. The predicted octanol–water partition coefficient (Wildman–Crippen LogP) is 2.76. The molecule has 0 aromatic carbocycles. The molecule has 1 unspecified atom stereocenters. The van der Waals surface area contributed by atoms with Gasteiger partial charge in [0.2, 0.25) is 5.91 Å². The van der Waals surface area contributed by atoms with E-state index >= 15 is 0 Å². The van der Waals surface area contributed by atoms with Crippen LogP contribution in [-0.2, 0) is 16.1 Å². The Balaban J connectivity index is 0.00000841. The number of amides is 2. The highest BCUT2D eigenvalue weighted by Gasteiger charge is 2.18. The molecule has 172 valence electrons. The maximum atomic E-state index is 12.0. The molecule has 4 N–H and O–H groups in total. The second kappa shape index (κ2) is 14.9. The second-order valence-corrected chi connectivity index (χ2v) is 7.65. The third kappa shape index (κ3) is 13.3. The molecule has 10 heteroatoms. The number of hydrogen-bond acceptors (Lipinski definition) is 5. The van der Waals surface area contributed by atoms with Crippen molar-refractivity contribution in [1.29, 1.82) is 0 Å². The van der Waals surface area contributed by atoms with E-state index in [9.17, 15) is 9.59 Å². The van der Waals surface area contributed by atoms with Gasteiger partial charge in [-0.25, -0.2) is 4.79 Å². The van der Waals surface area contributed by atoms with Gasteiger partial charge in [0.15, 0.2) is 5.96 Å². The van der Waals surface area contributed by atoms with Gasteiger partial charge in [0.1, 0.15) is 11.4 Å². The Labute approximate surface area is 196 Å². The highest BCUT2D eigenvalue weighted by atomic mass is 127. The Hall–Kier alpha value is -1.98. The van der Waals surface area contributed by atoms with Crippen molar-refractivity contribution in [2.24, 2.45) is 4.99 Å². The number of guanidine groups is 1. The average Bonchev–Trinajstić information content (AvgIpc) is 3.17. The minimum atomic E-state index is -0.545. The van der Waals surface area contributed by atoms with Gasteiger partial charge in [-0.3, -0.25) is 9.79 Å². The van der Waals surface area contributed by atoms with Gasteiger partial charge in [-0.2, -0.15) is 0 Å². The number of halogens is 1. The zero-order valence-corrected chi connectivity index (χ0v) is 20.9. The number of aliphatic imine (C=N–C) groups is 1. The first-order valence-electron chi connectivity index (χ1n) is 9.96. The normalized spacial score (nSPS) is 12.4. The van der Waals surface area contributed by atoms with Crippen molar-refractivity contribution in [3.05, 3.63) is 24.2 Å². The number of rotatable bonds is 10. The molecule has 0 aliphatic heterocycles. The maximum absolute atomic E-state index is 12.0. The van der Waals surface area contributed by atoms with Crippen LogP contribution in [0.4, 0.5) is 4.79 Å². The summed E-state index contributed by atoms with van der Waals surface area (Å²) in [7, 11) is 1.63. The van der Waals surface area contributed by atoms with Crippen LogP contribution in [0, 0.1) is 0 Å². The van der Waals surface area contributed by atoms with Crippen LogP contribution in [-0.4, -0.2) is 49.7 Å². The minimum absolute atomic E-state index is 0. The van der Waals surface area contributed by atoms with E-state index in [4.69, 9.17) is 9.15 Å². The van der Waals surface area contributed by atoms with Crippen molar-refractivity contribution < 1.29 is 18.7 Å². The fraction of sp³-hybridized carbons (Fsp3) is 0.650. The molecule has 0 saturated carbocycles. The predicted molar refractivity (Wildman–Crippen MR) is 128 cm³/mol. The molecule has 30 heavy (non-hydrogen) atoms. The SMILES string of the molecule is CCCCC(CNC(=O)OC(C)(C)C)NC(=NC)NCC(=O)NCc1ccco1.I. The van der Waals surface area contributed by atoms with Crippen LogP contribution >= 0.6 is 24.0 Å². The van der Waals surface area contributed by atoms with Gasteiger partial charge in [-0.15, -0.1) is 24.0 Å². The first-order chi connectivity index (χ1) is 13.7. The van der Waals surface area contributed by atoms with Gasteiger partial charge in [-0.05, 0) is 39.3 Å². The van der Waals surface area contributed by atoms with Gasteiger partial charge in [-0.1, -0.05) is 19.8 Å². The third-order valence-electron chi connectivity index (χ3n) is 3.82. The van der Waals surface area contributed by atoms with Crippen molar-refractivity contribution in [2.75, 3.05) is 20.1 Å². The maximum Gasteiger partial charge on any atom is 0.407 e. The Morgan fingerprint density at radius 2 is 1.97 bits per heavy atom. The molecule has 1 heterocycles. The van der Waals surface area contributed by atoms with Crippen LogP contribution in [0.3, 0.4) is 0 Å². The molecule has 1 atom stereocenters. The Morgan fingerprint density at radius 3 is 2.53 bits per heavy atom. The number of hydrogen-bond donors (Lipinski definition) is 4. The van der Waals surface area contributed by atoms with Gasteiger partial charge >= 0.3 is 6.09 Å². The highest BCUT2D eigenvalue weighted by molar-refractivity contribution is 14.0. The van der Waals surface area contributed by atoms with Crippen LogP contribution in [0.25, 0.3) is 0 Å². The quantitative estimate of drug-likeness (QED) is 0.207. The lowest BCUT2D eigenvalue weighted by molar-refractivity contribution is -0.120. The number of carbonyl (C=O) groups is 2. The van der Waals surface area contributed by atoms with Crippen molar-refractivity contribution in [3.8, 4) is 0 Å². The van der Waals surface area contributed by atoms with Crippen molar-refractivity contribution >= 4 is 41.9 Å². The Kier molecular flexibility index (Phi) is 13.9. The molecule has 2 amide bonds. The second-order valence-electron chi connectivity index (χ2n) is 7.65. The molecule has 0 bridgehead atoms. The number of carbonyl (C=O) groups excluding carboxylic acids is 2. The van der Waals surface area contributed by atoms with Crippen LogP contribution < -0.4 is 21.3 Å². The van der Waals surface area contributed by atoms with Crippen molar-refractivity contribution in [1.82, 2.24) is 21.3 Å². The molecule has 0 aliphatic rings. The molecule has 9 nitrogen and oxygen atoms in total. The standard InChI is InChI=1S/C20H35N5O4.HI/c1-6-7-9-15(12-24-19(27)29-20(2,3)4)25-18(21-5)23-14-17(26)22-13-16-10-8-11-28-16;/h8,10-11,15H,6-7,9,12-14H2,1-5H3,(H,22,26)(H,24,27)(H2,21,23,25);1H. The lowest BCUT2D eigenvalue weighted by Crippen LogP contribution is -2.50. The lowest BCUT2D eigenvalue weighted by Gasteiger charge is -2.24. The van der Waals surface area contributed by atoms with E-state index in [1.54, 1.807) is 25.4 Å². The number of ether oxygens (including phenoxy) is 1. The topological polar surface area (TPSA) is 117 Å². The van der Waals surface area contributed by atoms with Gasteiger partial charge in [0.25, 0.3) is 0 Å². The summed E-state index contributed by atoms with van der Waals surface area (Å²) in [6.45, 7) is 8.36. The van der Waals surface area contributed by atoms with Gasteiger partial charge in [0.05, 0.1) is 19.4 Å². The van der Waals surface area contributed by atoms with Crippen LogP contribution in [0.5, 0.6) is 0 Å². The molecular formula is C20H36IN5O4. The summed E-state index contributed by atoms with van der Waals surface area (Å²) in [6.07, 6.45) is 3.98. The summed E-state index contributed by atoms with van der Waals surface area (Å²) in [6, 6.07) is 3.53. The molecular weight excluding hydrogens is 501 g/mol. The fourth-order valence-corrected chi connectivity index (χ4v) is 2.41. The molecule has 1 aromatic rings. The number of nitrogens with zero attached hydrogens (tertiary/aromatic N) is 1. The van der Waals surface area contributed by atoms with Crippen molar-refractivity contribution in [2.45, 2.75) is 65.1 Å². The number of unbranched alkanes of at least 4 members (excludes halogenated alkanes) is 1. The molecule has 0 radical (unpaired) electrons. The summed E-state index contributed by atoms with van der Waals surface area (Å²) in [5.41, 5.74) is -0.545. The fourth-order valence-electron chi connectivity index (χ4n) is 2.41. The molecule has 1 aromatic heterocycles. The summed E-state index contributed by atoms with van der Waals surface area (Å²) < 4.78 is 10.5. The summed E-state index contributed by atoms with van der Waals surface area (Å²) in [4.78, 5) is 28.1. The Bertz CT molecular complexity index is 644. The van der Waals surface area contributed by atoms with E-state index in [0.717, 1.165) is 19.3 Å². The van der Waals surface area contributed by atoms with E-state index in [-0.39, 0.29) is 42.5 Å². The highest BCUT2D eigenvalue weighted by Crippen LogP contribution is 2.07. The minimum Gasteiger partial charge on any atom is -0.467 e. The smallest absolute Gasteiger partial charge is 0.407 e. The summed E-state index contributed by atoms with van der Waals surface area (Å²) >= 11 is 0. The third-order valence-corrected chi connectivity index (χ3v) is 3.82. The number of nitrogens with one attached hydrogen (secondary N) is 4. The molecule has 0 aliphatic carbocycles. The van der Waals surface area contributed by atoms with E-state index < -0.39 is 11.7 Å². The van der Waals surface area contributed by atoms with E-state index in [1.165, 1.54) is 0 Å². The largest absolute Gasteiger partial charge is 0.467 e. The first kappa shape index (κ1) is 28.0. The van der Waals surface area contributed by atoms with Crippen LogP contribution in [0.2, 0.25) is 0 Å². The zero-order chi connectivity index (χ0) is 21.7. The Morgan fingerprint density at radius 1 is 1.23 bits per heavy atom. The van der Waals surface area contributed by atoms with Gasteiger partial charge in [0, 0.05) is 19.6 Å².